The van der Waals surface area contributed by atoms with E-state index in [0.717, 1.165) is 16.8 Å². The van der Waals surface area contributed by atoms with Gasteiger partial charge in [-0.25, -0.2) is 22.0 Å². The molecule has 15 heteroatoms. The second-order valence-electron chi connectivity index (χ2n) is 12.4. The van der Waals surface area contributed by atoms with Crippen LogP contribution in [0, 0.1) is 45.1 Å². The van der Waals surface area contributed by atoms with Crippen LogP contribution in [0.3, 0.4) is 0 Å². The van der Waals surface area contributed by atoms with E-state index in [4.69, 9.17) is 9.47 Å². The fourth-order valence-electron chi connectivity index (χ4n) is 6.28. The molecular weight excluding hydrogens is 679 g/mol. The van der Waals surface area contributed by atoms with Crippen molar-refractivity contribution in [1.29, 1.82) is 0 Å². The lowest BCUT2D eigenvalue weighted by Crippen LogP contribution is -2.51. The van der Waals surface area contributed by atoms with Gasteiger partial charge in [-0.2, -0.15) is 0 Å². The van der Waals surface area contributed by atoms with E-state index in [1.807, 2.05) is 31.2 Å². The maximum absolute atomic E-state index is 14.2. The molecule has 6 rings (SSSR count). The van der Waals surface area contributed by atoms with Crippen molar-refractivity contribution in [3.05, 3.63) is 134 Å². The van der Waals surface area contributed by atoms with Crippen LogP contribution in [-0.2, 0) is 16.1 Å². The molecule has 2 N–H and O–H groups in total. The smallest absolute Gasteiger partial charge is 0.269 e. The first-order valence-electron chi connectivity index (χ1n) is 16.1. The number of hydrogen-bond acceptors (Lipinski definition) is 8. The average Bonchev–Trinajstić information content (AvgIpc) is 3.15. The van der Waals surface area contributed by atoms with Gasteiger partial charge in [0, 0.05) is 67.7 Å². The van der Waals surface area contributed by atoms with Gasteiger partial charge in [0.05, 0.1) is 23.7 Å². The fourth-order valence-corrected chi connectivity index (χ4v) is 6.28. The number of carbonyl (C=O) groups is 1. The third kappa shape index (κ3) is 7.56. The summed E-state index contributed by atoms with van der Waals surface area (Å²) in [6, 6.07) is 19.7. The number of amides is 1. The first kappa shape index (κ1) is 35.9. The van der Waals surface area contributed by atoms with Crippen molar-refractivity contribution in [1.82, 2.24) is 4.90 Å². The van der Waals surface area contributed by atoms with Crippen molar-refractivity contribution >= 4 is 23.0 Å². The van der Waals surface area contributed by atoms with Crippen molar-refractivity contribution in [3.63, 3.8) is 0 Å². The number of non-ortho nitro benzene ring substituents is 1. The lowest BCUT2D eigenvalue weighted by molar-refractivity contribution is -0.384. The van der Waals surface area contributed by atoms with Gasteiger partial charge in [-0.1, -0.05) is 43.3 Å². The number of halogens is 5. The zero-order valence-electron chi connectivity index (χ0n) is 27.2. The molecule has 2 heterocycles. The van der Waals surface area contributed by atoms with Gasteiger partial charge in [0.1, 0.15) is 5.56 Å². The van der Waals surface area contributed by atoms with Crippen LogP contribution in [-0.4, -0.2) is 59.7 Å². The summed E-state index contributed by atoms with van der Waals surface area (Å²) >= 11 is 0. The number of nitrogens with one attached hydrogen (secondary N) is 1. The Morgan fingerprint density at radius 1 is 0.824 bits per heavy atom. The number of aliphatic hydroxyl groups is 1. The van der Waals surface area contributed by atoms with Gasteiger partial charge in [-0.05, 0) is 35.4 Å². The van der Waals surface area contributed by atoms with Crippen molar-refractivity contribution < 1.29 is 46.3 Å². The van der Waals surface area contributed by atoms with Crippen LogP contribution in [0.2, 0.25) is 0 Å². The Balaban J connectivity index is 1.17. The highest BCUT2D eigenvalue weighted by atomic mass is 19.2. The minimum atomic E-state index is -2.36. The van der Waals surface area contributed by atoms with Crippen LogP contribution < -0.4 is 10.2 Å². The van der Waals surface area contributed by atoms with Crippen LogP contribution in [0.4, 0.5) is 39.0 Å². The van der Waals surface area contributed by atoms with Gasteiger partial charge in [-0.3, -0.25) is 19.8 Å². The molecule has 0 spiro atoms. The quantitative estimate of drug-likeness (QED) is 0.0652. The molecule has 1 amide bonds. The van der Waals surface area contributed by atoms with Crippen LogP contribution in [0.1, 0.15) is 46.4 Å². The molecule has 0 radical (unpaired) electrons. The highest BCUT2D eigenvalue weighted by Gasteiger charge is 2.39. The second kappa shape index (κ2) is 15.1. The third-order valence-corrected chi connectivity index (χ3v) is 9.24. The average molecular weight is 713 g/mol. The molecule has 0 bridgehead atoms. The Labute approximate surface area is 289 Å². The molecule has 2 fully saturated rings. The summed E-state index contributed by atoms with van der Waals surface area (Å²) in [5.74, 6) is -12.9. The molecular formula is C36H33F5N4O6. The summed E-state index contributed by atoms with van der Waals surface area (Å²) in [5.41, 5.74) is 1.50. The first-order valence-corrected chi connectivity index (χ1v) is 16.1. The molecule has 10 nitrogen and oxygen atoms in total. The molecule has 2 saturated heterocycles. The molecule has 4 unspecified atom stereocenters. The topological polar surface area (TPSA) is 117 Å². The van der Waals surface area contributed by atoms with E-state index in [9.17, 15) is 42.0 Å². The summed E-state index contributed by atoms with van der Waals surface area (Å²) in [6.07, 6.45) is -1.61. The summed E-state index contributed by atoms with van der Waals surface area (Å²) in [4.78, 5) is 27.6. The third-order valence-electron chi connectivity index (χ3n) is 9.24. The van der Waals surface area contributed by atoms with Crippen LogP contribution in [0.25, 0.3) is 0 Å². The first-order chi connectivity index (χ1) is 24.4. The molecule has 0 aliphatic carbocycles. The maximum atomic E-state index is 14.2. The summed E-state index contributed by atoms with van der Waals surface area (Å²) in [5, 5.41) is 22.7. The van der Waals surface area contributed by atoms with Gasteiger partial charge in [0.15, 0.2) is 29.6 Å². The zero-order chi connectivity index (χ0) is 36.4. The minimum absolute atomic E-state index is 0.0236. The molecule has 0 saturated carbocycles. The number of nitrogens with zero attached hydrogens (tertiary/aromatic N) is 3. The van der Waals surface area contributed by atoms with E-state index < -0.39 is 57.9 Å². The molecule has 268 valence electrons. The largest absolute Gasteiger partial charge is 0.392 e. The van der Waals surface area contributed by atoms with Gasteiger partial charge >= 0.3 is 0 Å². The lowest BCUT2D eigenvalue weighted by Gasteiger charge is -2.44. The predicted octanol–water partition coefficient (Wildman–Crippen LogP) is 6.65. The zero-order valence-corrected chi connectivity index (χ0v) is 27.2. The van der Waals surface area contributed by atoms with Gasteiger partial charge in [0.2, 0.25) is 5.82 Å². The number of benzene rings is 4. The molecule has 4 aromatic carbocycles. The van der Waals surface area contributed by atoms with E-state index in [1.54, 1.807) is 24.3 Å². The Morgan fingerprint density at radius 3 is 1.96 bits per heavy atom. The number of hydrogen-bond donors (Lipinski definition) is 2. The summed E-state index contributed by atoms with van der Waals surface area (Å²) in [7, 11) is 0. The highest BCUT2D eigenvalue weighted by molar-refractivity contribution is 6.04. The molecule has 2 aliphatic heterocycles. The molecule has 51 heavy (non-hydrogen) atoms. The Kier molecular flexibility index (Phi) is 10.6. The van der Waals surface area contributed by atoms with E-state index in [1.165, 1.54) is 24.3 Å². The fraction of sp³-hybridized carbons (Fsp3) is 0.306. The number of piperazine rings is 1. The van der Waals surface area contributed by atoms with Crippen molar-refractivity contribution in [3.8, 4) is 0 Å². The predicted molar refractivity (Wildman–Crippen MR) is 175 cm³/mol. The van der Waals surface area contributed by atoms with Crippen LogP contribution in [0.15, 0.2) is 72.8 Å². The monoisotopic (exact) mass is 712 g/mol. The van der Waals surface area contributed by atoms with E-state index in [-0.39, 0.29) is 30.0 Å². The lowest BCUT2D eigenvalue weighted by atomic mass is 9.90. The molecule has 4 aromatic rings. The second-order valence-corrected chi connectivity index (χ2v) is 12.4. The maximum Gasteiger partial charge on any atom is 0.269 e. The summed E-state index contributed by atoms with van der Waals surface area (Å²) < 4.78 is 82.2. The molecule has 2 aliphatic rings. The number of ether oxygens (including phenoxy) is 2. The number of rotatable bonds is 9. The SMILES string of the molecule is CC1C(CN2CCN(c3ccc([N+](=O)[O-])cc3)CC2)OC(c2ccc(NC(=O)c3c(F)c(F)c(F)c(F)c3F)cc2)OC1c1ccc(CO)cc1. The number of nitro benzene ring substituents is 1. The highest BCUT2D eigenvalue weighted by Crippen LogP contribution is 2.42. The van der Waals surface area contributed by atoms with Gasteiger partial charge in [0.25, 0.3) is 11.6 Å². The summed E-state index contributed by atoms with van der Waals surface area (Å²) in [6.45, 7) is 5.29. The van der Waals surface area contributed by atoms with E-state index >= 15 is 0 Å². The standard InChI is InChI=1S/C36H33F5N4O6/c1-20-27(18-43-14-16-44(17-15-43)25-10-12-26(13-11-25)45(48)49)50-36(51-34(20)22-4-2-21(19-46)3-5-22)23-6-8-24(9-7-23)42-35(47)28-29(37)31(39)33(41)32(40)30(28)38/h2-13,20,27,34,36,46H,14-19H2,1H3,(H,42,47). The Morgan fingerprint density at radius 2 is 1.39 bits per heavy atom. The number of anilines is 2. The number of carbonyl (C=O) groups excluding carboxylic acids is 1. The molecule has 0 aromatic heterocycles. The van der Waals surface area contributed by atoms with E-state index in [2.05, 4.69) is 15.1 Å². The minimum Gasteiger partial charge on any atom is -0.392 e. The van der Waals surface area contributed by atoms with E-state index in [0.29, 0.717) is 38.3 Å². The molecule has 4 atom stereocenters. The van der Waals surface area contributed by atoms with Crippen molar-refractivity contribution in [2.24, 2.45) is 5.92 Å². The van der Waals surface area contributed by atoms with Crippen molar-refractivity contribution in [2.45, 2.75) is 32.0 Å². The Bertz CT molecular complexity index is 1860. The van der Waals surface area contributed by atoms with Crippen LogP contribution in [0.5, 0.6) is 0 Å². The van der Waals surface area contributed by atoms with Gasteiger partial charge < -0.3 is 24.8 Å². The Hall–Kier alpha value is -4.96. The van der Waals surface area contributed by atoms with Crippen LogP contribution >= 0.6 is 0 Å². The van der Waals surface area contributed by atoms with Crippen molar-refractivity contribution in [2.75, 3.05) is 42.9 Å². The number of nitro groups is 1. The normalized spacial score (nSPS) is 21.0. The number of aliphatic hydroxyl groups excluding tert-OH is 1. The van der Waals surface area contributed by atoms with Gasteiger partial charge in [-0.15, -0.1) is 0 Å².